The molecule has 0 aromatic heterocycles. The molecule has 3 nitrogen and oxygen atoms in total. The number of carbonyl (C=O) groups excluding carboxylic acids is 1. The molecule has 0 fully saturated rings. The van der Waals surface area contributed by atoms with E-state index in [9.17, 15) is 4.79 Å². The summed E-state index contributed by atoms with van der Waals surface area (Å²) in [5.41, 5.74) is 4.91. The molecule has 11 heavy (non-hydrogen) atoms. The van der Waals surface area contributed by atoms with E-state index in [0.717, 1.165) is 13.0 Å². The Bertz CT molecular complexity index is 131. The van der Waals surface area contributed by atoms with Crippen LogP contribution in [0.15, 0.2) is 0 Å². The zero-order valence-electron chi connectivity index (χ0n) is 7.61. The number of hydrogen-bond acceptors (Lipinski definition) is 1. The van der Waals surface area contributed by atoms with Crippen LogP contribution < -0.4 is 11.1 Å². The van der Waals surface area contributed by atoms with Crippen LogP contribution in [0.5, 0.6) is 0 Å². The van der Waals surface area contributed by atoms with E-state index in [-0.39, 0.29) is 0 Å². The van der Waals surface area contributed by atoms with Gasteiger partial charge in [-0.3, -0.25) is 0 Å². The van der Waals surface area contributed by atoms with Crippen LogP contribution in [0.25, 0.3) is 0 Å². The van der Waals surface area contributed by atoms with Gasteiger partial charge in [0.1, 0.15) is 0 Å². The molecule has 0 saturated carbocycles. The Morgan fingerprint density at radius 1 is 1.45 bits per heavy atom. The van der Waals surface area contributed by atoms with Crippen molar-refractivity contribution < 1.29 is 4.79 Å². The van der Waals surface area contributed by atoms with E-state index in [1.54, 1.807) is 0 Å². The minimum absolute atomic E-state index is 0.408. The molecule has 2 amide bonds. The summed E-state index contributed by atoms with van der Waals surface area (Å²) in [5, 5.41) is 2.59. The van der Waals surface area contributed by atoms with Gasteiger partial charge in [0.15, 0.2) is 0 Å². The normalized spacial score (nSPS) is 11.2. The molecule has 0 radical (unpaired) electrons. The Kier molecular flexibility index (Phi) is 4.88. The average Bonchev–Trinajstić information content (AvgIpc) is 1.78. The van der Waals surface area contributed by atoms with Crippen LogP contribution in [-0.2, 0) is 0 Å². The number of nitrogens with two attached hydrogens (primary N) is 1. The van der Waals surface area contributed by atoms with Crippen molar-refractivity contribution in [3.05, 3.63) is 0 Å². The fraction of sp³-hybridized carbons (Fsp3) is 0.857. The molecule has 0 aliphatic carbocycles. The fourth-order valence-corrected chi connectivity index (χ4v) is 4.36. The molecule has 0 spiro atoms. The van der Waals surface area contributed by atoms with Crippen LogP contribution >= 0.6 is 0 Å². The van der Waals surface area contributed by atoms with Crippen molar-refractivity contribution in [2.45, 2.75) is 25.7 Å². The van der Waals surface area contributed by atoms with E-state index >= 15 is 0 Å². The Labute approximate surface area is 72.6 Å². The summed E-state index contributed by atoms with van der Waals surface area (Å²) in [5.74, 6) is 0. The van der Waals surface area contributed by atoms with Gasteiger partial charge in [0.25, 0.3) is 0 Å². The first-order chi connectivity index (χ1) is 4.92. The third kappa shape index (κ3) is 10.1. The van der Waals surface area contributed by atoms with Crippen LogP contribution in [-0.4, -0.2) is 31.0 Å². The molecule has 0 bridgehead atoms. The molecule has 0 saturated heterocycles. The molecule has 0 aromatic carbocycles. The van der Waals surface area contributed by atoms with E-state index in [1.807, 2.05) is 0 Å². The fourth-order valence-electron chi connectivity index (χ4n) is 0.830. The SMILES string of the molecule is [CH3][Sn]([CH3])([CH3])[CH2]CCNC(N)=O. The third-order valence-electron chi connectivity index (χ3n) is 1.40. The molecule has 0 aromatic rings. The number of carbonyl (C=O) groups is 1. The predicted octanol–water partition coefficient (Wildman–Crippen LogP) is 1.38. The van der Waals surface area contributed by atoms with Gasteiger partial charge in [-0.05, 0) is 0 Å². The number of nitrogens with one attached hydrogen (secondary N) is 1. The molecule has 0 aliphatic rings. The monoisotopic (exact) mass is 266 g/mol. The van der Waals surface area contributed by atoms with Gasteiger partial charge >= 0.3 is 72.5 Å². The van der Waals surface area contributed by atoms with Crippen molar-refractivity contribution in [3.8, 4) is 0 Å². The molecule has 3 N–H and O–H groups in total. The molecule has 0 heterocycles. The summed E-state index contributed by atoms with van der Waals surface area (Å²) in [6.07, 6.45) is 1.09. The summed E-state index contributed by atoms with van der Waals surface area (Å²) >= 11 is -1.57. The van der Waals surface area contributed by atoms with E-state index in [1.165, 1.54) is 4.44 Å². The number of hydrogen-bond donors (Lipinski definition) is 2. The molecule has 0 unspecified atom stereocenters. The second-order valence-electron chi connectivity index (χ2n) is 3.96. The van der Waals surface area contributed by atoms with Gasteiger partial charge in [-0.1, -0.05) is 0 Å². The second kappa shape index (κ2) is 4.85. The zero-order chi connectivity index (χ0) is 8.91. The molecule has 66 valence electrons. The van der Waals surface area contributed by atoms with Gasteiger partial charge < -0.3 is 0 Å². The molecule has 0 aliphatic heterocycles. The first-order valence-corrected chi connectivity index (χ1v) is 14.5. The maximum atomic E-state index is 10.3. The number of primary amides is 1. The van der Waals surface area contributed by atoms with Crippen LogP contribution in [0.2, 0.25) is 19.3 Å². The molecule has 0 rings (SSSR count). The topological polar surface area (TPSA) is 55.1 Å². The summed E-state index contributed by atoms with van der Waals surface area (Å²) in [6.45, 7) is 0.740. The molecular formula is C7H18N2OSn. The number of urea groups is 1. The first kappa shape index (κ1) is 11.1. The Balaban J connectivity index is 3.22. The van der Waals surface area contributed by atoms with E-state index in [0.29, 0.717) is 0 Å². The van der Waals surface area contributed by atoms with E-state index < -0.39 is 24.4 Å². The maximum absolute atomic E-state index is 10.3. The van der Waals surface area contributed by atoms with Crippen molar-refractivity contribution in [1.82, 2.24) is 5.32 Å². The van der Waals surface area contributed by atoms with Crippen molar-refractivity contribution in [1.29, 1.82) is 0 Å². The van der Waals surface area contributed by atoms with Crippen molar-refractivity contribution in [2.75, 3.05) is 6.54 Å². The average molecular weight is 265 g/mol. The number of rotatable bonds is 4. The van der Waals surface area contributed by atoms with Crippen molar-refractivity contribution in [2.24, 2.45) is 5.73 Å². The van der Waals surface area contributed by atoms with Crippen LogP contribution in [0.4, 0.5) is 4.79 Å². The summed E-state index contributed by atoms with van der Waals surface area (Å²) in [7, 11) is 0. The van der Waals surface area contributed by atoms with Crippen molar-refractivity contribution >= 4 is 24.4 Å². The van der Waals surface area contributed by atoms with Crippen LogP contribution in [0.1, 0.15) is 6.42 Å². The minimum atomic E-state index is -1.57. The van der Waals surface area contributed by atoms with Gasteiger partial charge in [-0.15, -0.1) is 0 Å². The second-order valence-corrected chi connectivity index (χ2v) is 20.0. The first-order valence-electron chi connectivity index (χ1n) is 3.95. The van der Waals surface area contributed by atoms with Gasteiger partial charge in [0, 0.05) is 0 Å². The Morgan fingerprint density at radius 2 is 2.00 bits per heavy atom. The standard InChI is InChI=1S/C4H9N2O.3CH3.Sn/c1-2-3-6-4(5)7;;;;/h1-3H2,(H3,5,6,7);3*1H3;. The predicted molar refractivity (Wildman–Crippen MR) is 50.4 cm³/mol. The Hall–Kier alpha value is 0.0687. The summed E-state index contributed by atoms with van der Waals surface area (Å²) < 4.78 is 1.31. The molecular weight excluding hydrogens is 247 g/mol. The zero-order valence-corrected chi connectivity index (χ0v) is 10.5. The van der Waals surface area contributed by atoms with Gasteiger partial charge in [-0.2, -0.15) is 0 Å². The van der Waals surface area contributed by atoms with Crippen molar-refractivity contribution in [3.63, 3.8) is 0 Å². The summed E-state index contributed by atoms with van der Waals surface area (Å²) in [4.78, 5) is 17.4. The summed E-state index contributed by atoms with van der Waals surface area (Å²) in [6, 6.07) is -0.408. The van der Waals surface area contributed by atoms with Crippen LogP contribution in [0, 0.1) is 0 Å². The molecule has 4 heteroatoms. The van der Waals surface area contributed by atoms with E-state index in [2.05, 4.69) is 20.1 Å². The number of amides is 2. The van der Waals surface area contributed by atoms with Gasteiger partial charge in [-0.25, -0.2) is 0 Å². The Morgan fingerprint density at radius 3 is 2.36 bits per heavy atom. The van der Waals surface area contributed by atoms with E-state index in [4.69, 9.17) is 5.73 Å². The van der Waals surface area contributed by atoms with Crippen LogP contribution in [0.3, 0.4) is 0 Å². The quantitative estimate of drug-likeness (QED) is 0.585. The van der Waals surface area contributed by atoms with Gasteiger partial charge in [0.2, 0.25) is 0 Å². The third-order valence-corrected chi connectivity index (χ3v) is 6.69. The van der Waals surface area contributed by atoms with Gasteiger partial charge in [0.05, 0.1) is 0 Å². The molecule has 0 atom stereocenters.